The fraction of sp³-hybridized carbons (Fsp3) is 0.185. The Labute approximate surface area is 199 Å². The molecule has 0 bridgehead atoms. The molecule has 0 radical (unpaired) electrons. The van der Waals surface area contributed by atoms with Crippen LogP contribution in [-0.4, -0.2) is 32.3 Å². The lowest BCUT2D eigenvalue weighted by molar-refractivity contribution is 0.357. The molecule has 1 aliphatic heterocycles. The number of para-hydroxylation sites is 2. The molecule has 1 aromatic heterocycles. The SMILES string of the molecule is Cc1ccc(C2=NN(C(=S)NCCc3ccccc3)[C@H](c3cnc4ccccc4n3)C2)cc1. The van der Waals surface area contributed by atoms with Crippen LogP contribution in [0.4, 0.5) is 0 Å². The lowest BCUT2D eigenvalue weighted by Crippen LogP contribution is -2.38. The molecular weight excluding hydrogens is 426 g/mol. The number of aryl methyl sites for hydroxylation is 1. The van der Waals surface area contributed by atoms with Gasteiger partial charge in [-0.3, -0.25) is 4.98 Å². The molecule has 0 saturated heterocycles. The Morgan fingerprint density at radius 3 is 2.48 bits per heavy atom. The zero-order valence-electron chi connectivity index (χ0n) is 18.5. The molecule has 1 atom stereocenters. The molecule has 5 nitrogen and oxygen atoms in total. The van der Waals surface area contributed by atoms with Gasteiger partial charge in [0.05, 0.1) is 28.6 Å². The summed E-state index contributed by atoms with van der Waals surface area (Å²) in [5, 5.41) is 10.8. The minimum Gasteiger partial charge on any atom is -0.361 e. The molecule has 0 spiro atoms. The van der Waals surface area contributed by atoms with Gasteiger partial charge in [-0.15, -0.1) is 0 Å². The quantitative estimate of drug-likeness (QED) is 0.422. The number of nitrogens with zero attached hydrogens (tertiary/aromatic N) is 4. The lowest BCUT2D eigenvalue weighted by atomic mass is 10.0. The molecule has 1 aliphatic rings. The Kier molecular flexibility index (Phi) is 6.09. The van der Waals surface area contributed by atoms with Crippen molar-refractivity contribution < 1.29 is 0 Å². The van der Waals surface area contributed by atoms with Gasteiger partial charge in [0.2, 0.25) is 0 Å². The normalized spacial score (nSPS) is 15.5. The van der Waals surface area contributed by atoms with Crippen molar-refractivity contribution in [1.82, 2.24) is 20.3 Å². The zero-order valence-corrected chi connectivity index (χ0v) is 19.3. The topological polar surface area (TPSA) is 53.4 Å². The van der Waals surface area contributed by atoms with Crippen LogP contribution in [0.3, 0.4) is 0 Å². The van der Waals surface area contributed by atoms with Crippen molar-refractivity contribution in [2.45, 2.75) is 25.8 Å². The third kappa shape index (κ3) is 4.76. The van der Waals surface area contributed by atoms with Gasteiger partial charge >= 0.3 is 0 Å². The third-order valence-corrected chi connectivity index (χ3v) is 6.18. The van der Waals surface area contributed by atoms with E-state index in [0.717, 1.165) is 47.4 Å². The lowest BCUT2D eigenvalue weighted by Gasteiger charge is -2.24. The number of aromatic nitrogens is 2. The molecule has 6 heteroatoms. The highest BCUT2D eigenvalue weighted by molar-refractivity contribution is 7.80. The second-order valence-corrected chi connectivity index (χ2v) is 8.62. The second kappa shape index (κ2) is 9.46. The number of fused-ring (bicyclic) bond motifs is 1. The molecule has 1 N–H and O–H groups in total. The van der Waals surface area contributed by atoms with Crippen LogP contribution < -0.4 is 5.32 Å². The van der Waals surface area contributed by atoms with Gasteiger partial charge in [-0.05, 0) is 48.8 Å². The van der Waals surface area contributed by atoms with Crippen molar-refractivity contribution in [2.24, 2.45) is 5.10 Å². The van der Waals surface area contributed by atoms with Crippen LogP contribution in [-0.2, 0) is 6.42 Å². The maximum atomic E-state index is 5.79. The first-order valence-electron chi connectivity index (χ1n) is 11.1. The molecule has 164 valence electrons. The highest BCUT2D eigenvalue weighted by Gasteiger charge is 2.32. The summed E-state index contributed by atoms with van der Waals surface area (Å²) in [5.41, 5.74) is 7.23. The summed E-state index contributed by atoms with van der Waals surface area (Å²) >= 11 is 5.79. The van der Waals surface area contributed by atoms with Gasteiger partial charge in [-0.25, -0.2) is 9.99 Å². The first-order chi connectivity index (χ1) is 16.2. The standard InChI is InChI=1S/C27H25N5S/c1-19-11-13-21(14-12-19)24-17-26(25-18-29-22-9-5-6-10-23(22)30-25)32(31-24)27(33)28-16-15-20-7-3-2-4-8-20/h2-14,18,26H,15-17H2,1H3,(H,28,33)/t26-/m0/s1. The molecule has 0 aliphatic carbocycles. The number of rotatable bonds is 5. The van der Waals surface area contributed by atoms with Gasteiger partial charge < -0.3 is 5.32 Å². The summed E-state index contributed by atoms with van der Waals surface area (Å²) in [4.78, 5) is 9.52. The van der Waals surface area contributed by atoms with E-state index in [-0.39, 0.29) is 6.04 Å². The third-order valence-electron chi connectivity index (χ3n) is 5.84. The number of hydrogen-bond acceptors (Lipinski definition) is 4. The fourth-order valence-corrected chi connectivity index (χ4v) is 4.29. The maximum Gasteiger partial charge on any atom is 0.190 e. The predicted molar refractivity (Wildman–Crippen MR) is 137 cm³/mol. The van der Waals surface area contributed by atoms with E-state index in [4.69, 9.17) is 22.3 Å². The highest BCUT2D eigenvalue weighted by atomic mass is 32.1. The maximum absolute atomic E-state index is 5.79. The van der Waals surface area contributed by atoms with Gasteiger partial charge in [0.25, 0.3) is 0 Å². The molecule has 5 rings (SSSR count). The van der Waals surface area contributed by atoms with E-state index in [1.165, 1.54) is 11.1 Å². The van der Waals surface area contributed by atoms with Gasteiger partial charge in [0, 0.05) is 13.0 Å². The fourth-order valence-electron chi connectivity index (χ4n) is 4.02. The van der Waals surface area contributed by atoms with Crippen LogP contribution in [0.25, 0.3) is 11.0 Å². The smallest absolute Gasteiger partial charge is 0.190 e. The summed E-state index contributed by atoms with van der Waals surface area (Å²) in [6.45, 7) is 2.83. The zero-order chi connectivity index (χ0) is 22.6. The van der Waals surface area contributed by atoms with Crippen molar-refractivity contribution in [1.29, 1.82) is 0 Å². The Balaban J connectivity index is 1.40. The Morgan fingerprint density at radius 1 is 0.970 bits per heavy atom. The van der Waals surface area contributed by atoms with Gasteiger partial charge in [-0.2, -0.15) is 5.10 Å². The average molecular weight is 452 g/mol. The van der Waals surface area contributed by atoms with E-state index in [2.05, 4.69) is 65.8 Å². The summed E-state index contributed by atoms with van der Waals surface area (Å²) in [7, 11) is 0. The molecule has 0 amide bonds. The minimum absolute atomic E-state index is 0.102. The van der Waals surface area contributed by atoms with Crippen LogP contribution in [0, 0.1) is 6.92 Å². The number of thiocarbonyl (C=S) groups is 1. The van der Waals surface area contributed by atoms with Crippen molar-refractivity contribution in [3.05, 3.63) is 107 Å². The highest BCUT2D eigenvalue weighted by Crippen LogP contribution is 2.32. The molecule has 0 unspecified atom stereocenters. The molecule has 0 saturated carbocycles. The summed E-state index contributed by atoms with van der Waals surface area (Å²) < 4.78 is 0. The molecule has 3 aromatic carbocycles. The van der Waals surface area contributed by atoms with Gasteiger partial charge in [0.15, 0.2) is 5.11 Å². The van der Waals surface area contributed by atoms with Crippen molar-refractivity contribution >= 4 is 34.1 Å². The molecule has 4 aromatic rings. The number of hydrazone groups is 1. The van der Waals surface area contributed by atoms with Crippen LogP contribution in [0.5, 0.6) is 0 Å². The van der Waals surface area contributed by atoms with Gasteiger partial charge in [0.1, 0.15) is 6.04 Å². The van der Waals surface area contributed by atoms with E-state index >= 15 is 0 Å². The molecule has 2 heterocycles. The van der Waals surface area contributed by atoms with E-state index in [1.807, 2.05) is 41.5 Å². The van der Waals surface area contributed by atoms with Crippen molar-refractivity contribution in [2.75, 3.05) is 6.54 Å². The van der Waals surface area contributed by atoms with E-state index in [9.17, 15) is 0 Å². The largest absolute Gasteiger partial charge is 0.361 e. The van der Waals surface area contributed by atoms with Crippen LogP contribution in [0.2, 0.25) is 0 Å². The van der Waals surface area contributed by atoms with Crippen LogP contribution >= 0.6 is 12.2 Å². The summed E-state index contributed by atoms with van der Waals surface area (Å²) in [5.74, 6) is 0. The van der Waals surface area contributed by atoms with Crippen molar-refractivity contribution in [3.63, 3.8) is 0 Å². The van der Waals surface area contributed by atoms with Gasteiger partial charge in [-0.1, -0.05) is 72.3 Å². The Bertz CT molecular complexity index is 1300. The number of benzene rings is 3. The monoisotopic (exact) mass is 451 g/mol. The van der Waals surface area contributed by atoms with E-state index in [0.29, 0.717) is 5.11 Å². The predicted octanol–water partition coefficient (Wildman–Crippen LogP) is 5.21. The van der Waals surface area contributed by atoms with Crippen molar-refractivity contribution in [3.8, 4) is 0 Å². The first kappa shape index (κ1) is 21.2. The first-order valence-corrected chi connectivity index (χ1v) is 11.6. The molecular formula is C27H25N5S. The molecule has 33 heavy (non-hydrogen) atoms. The Morgan fingerprint density at radius 2 is 1.70 bits per heavy atom. The second-order valence-electron chi connectivity index (χ2n) is 8.23. The van der Waals surface area contributed by atoms with Crippen LogP contribution in [0.15, 0.2) is 90.2 Å². The van der Waals surface area contributed by atoms with Crippen LogP contribution in [0.1, 0.15) is 34.8 Å². The Hall–Kier alpha value is -3.64. The van der Waals surface area contributed by atoms with E-state index in [1.54, 1.807) is 0 Å². The number of nitrogens with one attached hydrogen (secondary N) is 1. The summed E-state index contributed by atoms with van der Waals surface area (Å²) in [6, 6.07) is 26.7. The minimum atomic E-state index is -0.102. The number of hydrogen-bond donors (Lipinski definition) is 1. The van der Waals surface area contributed by atoms with E-state index < -0.39 is 0 Å². The summed E-state index contributed by atoms with van der Waals surface area (Å²) in [6.07, 6.45) is 3.46. The average Bonchev–Trinajstić information content (AvgIpc) is 3.30. The molecule has 0 fully saturated rings.